The fourth-order valence-electron chi connectivity index (χ4n) is 5.75. The van der Waals surface area contributed by atoms with E-state index in [9.17, 15) is 13.4 Å². The number of aromatic nitrogens is 1. The number of nitrogens with zero attached hydrogens (tertiary/aromatic N) is 2. The van der Waals surface area contributed by atoms with Gasteiger partial charge in [0.2, 0.25) is 0 Å². The summed E-state index contributed by atoms with van der Waals surface area (Å²) in [6.07, 6.45) is 5.37. The predicted octanol–water partition coefficient (Wildman–Crippen LogP) is 6.00. The van der Waals surface area contributed by atoms with Gasteiger partial charge in [0.05, 0.1) is 21.9 Å². The largest absolute Gasteiger partial charge is 0.358 e. The zero-order chi connectivity index (χ0) is 26.1. The highest BCUT2D eigenvalue weighted by Gasteiger charge is 2.30. The van der Waals surface area contributed by atoms with E-state index < -0.39 is 10.8 Å². The predicted molar refractivity (Wildman–Crippen MR) is 149 cm³/mol. The summed E-state index contributed by atoms with van der Waals surface area (Å²) in [5.74, 6) is -0.342. The molecule has 5 nitrogen and oxygen atoms in total. The van der Waals surface area contributed by atoms with Crippen LogP contribution >= 0.6 is 0 Å². The van der Waals surface area contributed by atoms with Gasteiger partial charge in [-0.05, 0) is 68.0 Å². The van der Waals surface area contributed by atoms with Gasteiger partial charge in [-0.15, -0.1) is 0 Å². The lowest BCUT2D eigenvalue weighted by atomic mass is 9.92. The molecule has 7 heteroatoms. The Labute approximate surface area is 221 Å². The highest BCUT2D eigenvalue weighted by molar-refractivity contribution is 7.85. The zero-order valence-corrected chi connectivity index (χ0v) is 22.7. The Kier molecular flexibility index (Phi) is 7.63. The normalized spacial score (nSPS) is 18.5. The second-order valence-electron chi connectivity index (χ2n) is 10.5. The van der Waals surface area contributed by atoms with E-state index in [1.54, 1.807) is 18.2 Å². The molecule has 0 spiro atoms. The molecule has 1 N–H and O–H groups in total. The molecule has 2 fully saturated rings. The minimum atomic E-state index is -0.955. The molecule has 2 saturated heterocycles. The summed E-state index contributed by atoms with van der Waals surface area (Å²) < 4.78 is 26.3. The Hall–Kier alpha value is -2.77. The van der Waals surface area contributed by atoms with Crippen molar-refractivity contribution >= 4 is 33.2 Å². The van der Waals surface area contributed by atoms with Crippen molar-refractivity contribution in [3.63, 3.8) is 0 Å². The van der Waals surface area contributed by atoms with Crippen molar-refractivity contribution < 1.29 is 13.4 Å². The summed E-state index contributed by atoms with van der Waals surface area (Å²) in [6.45, 7) is 9.72. The van der Waals surface area contributed by atoms with Crippen molar-refractivity contribution in [2.24, 2.45) is 0 Å². The van der Waals surface area contributed by atoms with Crippen LogP contribution in [0, 0.1) is 5.82 Å². The van der Waals surface area contributed by atoms with Gasteiger partial charge in [-0.3, -0.25) is 13.9 Å². The maximum atomic E-state index is 14.0. The number of hydrogen-bond donors (Lipinski definition) is 1. The van der Waals surface area contributed by atoms with E-state index in [4.69, 9.17) is 0 Å². The second-order valence-corrected chi connectivity index (χ2v) is 12.5. The van der Waals surface area contributed by atoms with Crippen LogP contribution in [0.15, 0.2) is 59.1 Å². The van der Waals surface area contributed by atoms with Crippen LogP contribution in [0.3, 0.4) is 0 Å². The maximum Gasteiger partial charge on any atom is 0.255 e. The SMILES string of the molecule is CC(=C1CCN(C2CCN(C(=O)c3cccc4c(F)c[nH]c34)CC2)CC1)c1ccc(S(=O)C(C)C)cc1. The summed E-state index contributed by atoms with van der Waals surface area (Å²) in [4.78, 5) is 21.5. The third-order valence-electron chi connectivity index (χ3n) is 8.04. The van der Waals surface area contributed by atoms with Crippen LogP contribution in [0.25, 0.3) is 16.5 Å². The van der Waals surface area contributed by atoms with Gasteiger partial charge in [-0.1, -0.05) is 37.6 Å². The summed E-state index contributed by atoms with van der Waals surface area (Å²) in [5, 5.41) is 0.590. The number of H-pyrrole nitrogens is 1. The van der Waals surface area contributed by atoms with Crippen LogP contribution in [0.4, 0.5) is 4.39 Å². The van der Waals surface area contributed by atoms with Crippen molar-refractivity contribution in [3.05, 3.63) is 71.2 Å². The minimum Gasteiger partial charge on any atom is -0.358 e. The van der Waals surface area contributed by atoms with E-state index in [1.807, 2.05) is 30.9 Å². The molecule has 1 amide bonds. The molecule has 0 radical (unpaired) electrons. The van der Waals surface area contributed by atoms with E-state index in [-0.39, 0.29) is 17.0 Å². The van der Waals surface area contributed by atoms with Crippen molar-refractivity contribution in [2.75, 3.05) is 26.2 Å². The lowest BCUT2D eigenvalue weighted by molar-refractivity contribution is 0.0610. The lowest BCUT2D eigenvalue weighted by Gasteiger charge is -2.41. The zero-order valence-electron chi connectivity index (χ0n) is 21.9. The summed E-state index contributed by atoms with van der Waals surface area (Å²) in [6, 6.07) is 14.0. The first-order chi connectivity index (χ1) is 17.8. The molecule has 1 unspecified atom stereocenters. The fraction of sp³-hybridized carbons (Fsp3) is 0.433. The van der Waals surface area contributed by atoms with Gasteiger partial charge in [0, 0.05) is 53.9 Å². The number of rotatable bonds is 5. The van der Waals surface area contributed by atoms with E-state index in [2.05, 4.69) is 28.9 Å². The molecular formula is C30H36FN3O2S. The number of hydrogen-bond acceptors (Lipinski definition) is 3. The average molecular weight is 522 g/mol. The topological polar surface area (TPSA) is 56.4 Å². The van der Waals surface area contributed by atoms with Crippen LogP contribution in [0.2, 0.25) is 0 Å². The Balaban J connectivity index is 1.16. The Morgan fingerprint density at radius 1 is 1.03 bits per heavy atom. The Morgan fingerprint density at radius 3 is 2.35 bits per heavy atom. The summed E-state index contributed by atoms with van der Waals surface area (Å²) in [5.41, 5.74) is 5.20. The molecule has 0 bridgehead atoms. The van der Waals surface area contributed by atoms with Crippen molar-refractivity contribution in [2.45, 2.75) is 62.6 Å². The monoisotopic (exact) mass is 521 g/mol. The number of halogens is 1. The maximum absolute atomic E-state index is 14.0. The third-order valence-corrected chi connectivity index (χ3v) is 9.64. The molecule has 0 saturated carbocycles. The number of aromatic amines is 1. The van der Waals surface area contributed by atoms with Gasteiger partial charge < -0.3 is 9.88 Å². The van der Waals surface area contributed by atoms with Gasteiger partial charge in [-0.2, -0.15) is 0 Å². The van der Waals surface area contributed by atoms with Crippen LogP contribution < -0.4 is 0 Å². The molecule has 37 heavy (non-hydrogen) atoms. The first kappa shape index (κ1) is 25.9. The van der Waals surface area contributed by atoms with Gasteiger partial charge >= 0.3 is 0 Å². The first-order valence-electron chi connectivity index (χ1n) is 13.3. The molecule has 2 aromatic carbocycles. The molecule has 3 heterocycles. The van der Waals surface area contributed by atoms with E-state index in [0.29, 0.717) is 22.5 Å². The van der Waals surface area contributed by atoms with E-state index in [0.717, 1.165) is 56.8 Å². The van der Waals surface area contributed by atoms with E-state index >= 15 is 0 Å². The molecule has 196 valence electrons. The van der Waals surface area contributed by atoms with Gasteiger partial charge in [0.1, 0.15) is 5.82 Å². The number of piperidine rings is 2. The van der Waals surface area contributed by atoms with Crippen LogP contribution in [0.5, 0.6) is 0 Å². The molecule has 3 aromatic rings. The summed E-state index contributed by atoms with van der Waals surface area (Å²) in [7, 11) is -0.955. The lowest BCUT2D eigenvalue weighted by Crippen LogP contribution is -2.48. The number of amides is 1. The molecule has 1 atom stereocenters. The van der Waals surface area contributed by atoms with Gasteiger partial charge in [0.15, 0.2) is 0 Å². The Bertz CT molecular complexity index is 1330. The smallest absolute Gasteiger partial charge is 0.255 e. The van der Waals surface area contributed by atoms with Gasteiger partial charge in [-0.25, -0.2) is 4.39 Å². The molecule has 0 aliphatic carbocycles. The number of carbonyl (C=O) groups is 1. The van der Waals surface area contributed by atoms with Crippen molar-refractivity contribution in [1.29, 1.82) is 0 Å². The standard InChI is InChI=1S/C30H36FN3O2S/c1-20(2)37(36)25-9-7-22(8-10-25)21(3)23-11-15-33(16-12-23)24-13-17-34(18-14-24)30(35)27-6-4-5-26-28(31)19-32-29(26)27/h4-10,19-20,24,32H,11-18H2,1-3H3. The summed E-state index contributed by atoms with van der Waals surface area (Å²) >= 11 is 0. The second kappa shape index (κ2) is 10.9. The third kappa shape index (κ3) is 5.30. The number of likely N-dealkylation sites (tertiary alicyclic amines) is 2. The number of carbonyl (C=O) groups excluding carboxylic acids is 1. The van der Waals surface area contributed by atoms with Crippen molar-refractivity contribution in [1.82, 2.24) is 14.8 Å². The number of nitrogens with one attached hydrogen (secondary N) is 1. The van der Waals surface area contributed by atoms with Crippen LogP contribution in [-0.2, 0) is 10.8 Å². The highest BCUT2D eigenvalue weighted by Crippen LogP contribution is 2.30. The molecule has 5 rings (SSSR count). The quantitative estimate of drug-likeness (QED) is 0.448. The van der Waals surface area contributed by atoms with Crippen molar-refractivity contribution in [3.8, 4) is 0 Å². The van der Waals surface area contributed by atoms with Crippen LogP contribution in [0.1, 0.15) is 62.4 Å². The number of allylic oxidation sites excluding steroid dienone is 1. The number of fused-ring (bicyclic) bond motifs is 1. The van der Waals surface area contributed by atoms with Gasteiger partial charge in [0.25, 0.3) is 5.91 Å². The molecule has 2 aliphatic heterocycles. The average Bonchev–Trinajstić information content (AvgIpc) is 3.33. The highest BCUT2D eigenvalue weighted by atomic mass is 32.2. The fourth-order valence-corrected chi connectivity index (χ4v) is 6.70. The Morgan fingerprint density at radius 2 is 1.70 bits per heavy atom. The van der Waals surface area contributed by atoms with E-state index in [1.165, 1.54) is 22.9 Å². The van der Waals surface area contributed by atoms with Crippen LogP contribution in [-0.4, -0.2) is 62.4 Å². The minimum absolute atomic E-state index is 0.0198. The number of para-hydroxylation sites is 1. The molecular weight excluding hydrogens is 485 g/mol. The molecule has 2 aliphatic rings. The molecule has 1 aromatic heterocycles. The number of benzene rings is 2. The first-order valence-corrected chi connectivity index (χ1v) is 14.5.